The number of rotatable bonds is 9. The van der Waals surface area contributed by atoms with E-state index < -0.39 is 6.04 Å². The molecule has 0 saturated carbocycles. The summed E-state index contributed by atoms with van der Waals surface area (Å²) in [5.41, 5.74) is 1.84. The van der Waals surface area contributed by atoms with E-state index in [1.165, 1.54) is 23.9 Å². The van der Waals surface area contributed by atoms with Gasteiger partial charge < -0.3 is 10.2 Å². The Morgan fingerprint density at radius 2 is 1.62 bits per heavy atom. The number of nitrogens with zero attached hydrogens (tertiary/aromatic N) is 1. The normalized spacial score (nSPS) is 11.9. The van der Waals surface area contributed by atoms with Gasteiger partial charge in [-0.25, -0.2) is 4.39 Å². The average Bonchev–Trinajstić information content (AvgIpc) is 2.68. The lowest BCUT2D eigenvalue weighted by Gasteiger charge is -2.29. The van der Waals surface area contributed by atoms with Gasteiger partial charge in [0.2, 0.25) is 11.8 Å². The molecule has 2 rings (SSSR count). The van der Waals surface area contributed by atoms with Crippen LogP contribution in [0.1, 0.15) is 31.9 Å². The van der Waals surface area contributed by atoms with Crippen LogP contribution in [0.3, 0.4) is 0 Å². The maximum Gasteiger partial charge on any atom is 0.242 e. The molecule has 0 aromatic heterocycles. The van der Waals surface area contributed by atoms with Crippen molar-refractivity contribution in [2.45, 2.75) is 45.2 Å². The van der Waals surface area contributed by atoms with Crippen LogP contribution in [0.4, 0.5) is 4.39 Å². The summed E-state index contributed by atoms with van der Waals surface area (Å²) >= 11 is 7.37. The summed E-state index contributed by atoms with van der Waals surface area (Å²) in [6.07, 6.45) is 0. The predicted octanol–water partition coefficient (Wildman–Crippen LogP) is 4.65. The smallest absolute Gasteiger partial charge is 0.242 e. The molecule has 1 N–H and O–H groups in total. The van der Waals surface area contributed by atoms with Crippen molar-refractivity contribution in [1.82, 2.24) is 10.2 Å². The summed E-state index contributed by atoms with van der Waals surface area (Å²) in [6, 6.07) is 12.8. The van der Waals surface area contributed by atoms with Gasteiger partial charge >= 0.3 is 0 Å². The van der Waals surface area contributed by atoms with Crippen molar-refractivity contribution in [2.75, 3.05) is 5.75 Å². The summed E-state index contributed by atoms with van der Waals surface area (Å²) in [6.45, 7) is 5.70. The van der Waals surface area contributed by atoms with Crippen LogP contribution in [0.2, 0.25) is 5.02 Å². The van der Waals surface area contributed by atoms with Gasteiger partial charge in [-0.2, -0.15) is 0 Å². The first-order valence-corrected chi connectivity index (χ1v) is 11.0. The summed E-state index contributed by atoms with van der Waals surface area (Å²) in [5, 5.41) is 3.52. The van der Waals surface area contributed by atoms with Gasteiger partial charge in [-0.3, -0.25) is 9.59 Å². The van der Waals surface area contributed by atoms with Crippen LogP contribution in [-0.2, 0) is 21.9 Å². The largest absolute Gasteiger partial charge is 0.352 e. The van der Waals surface area contributed by atoms with Gasteiger partial charge in [0.15, 0.2) is 0 Å². The average molecular weight is 437 g/mol. The summed E-state index contributed by atoms with van der Waals surface area (Å²) in [4.78, 5) is 26.9. The molecular formula is C22H26ClFN2O2S. The molecular weight excluding hydrogens is 411 g/mol. The Kier molecular flexibility index (Phi) is 8.99. The maximum atomic E-state index is 13.2. The number of benzene rings is 2. The maximum absolute atomic E-state index is 13.2. The van der Waals surface area contributed by atoms with Crippen molar-refractivity contribution in [1.29, 1.82) is 0 Å². The number of thioether (sulfide) groups is 1. The lowest BCUT2D eigenvalue weighted by Crippen LogP contribution is -2.49. The Morgan fingerprint density at radius 3 is 2.21 bits per heavy atom. The minimum absolute atomic E-state index is 0.0213. The van der Waals surface area contributed by atoms with Gasteiger partial charge in [-0.1, -0.05) is 35.9 Å². The van der Waals surface area contributed by atoms with E-state index in [2.05, 4.69) is 5.32 Å². The highest BCUT2D eigenvalue weighted by atomic mass is 35.5. The minimum Gasteiger partial charge on any atom is -0.352 e. The SMILES string of the molecule is CC(C)NC(=O)C(C)N(Cc1ccc(F)cc1)C(=O)CSCc1ccc(Cl)cc1. The third-order valence-electron chi connectivity index (χ3n) is 4.27. The molecule has 0 aliphatic heterocycles. The molecule has 1 atom stereocenters. The zero-order valence-electron chi connectivity index (χ0n) is 16.8. The number of nitrogens with one attached hydrogen (secondary N) is 1. The van der Waals surface area contributed by atoms with Gasteiger partial charge in [0, 0.05) is 23.4 Å². The second kappa shape index (κ2) is 11.2. The van der Waals surface area contributed by atoms with E-state index in [1.54, 1.807) is 24.0 Å². The predicted molar refractivity (Wildman–Crippen MR) is 117 cm³/mol. The molecule has 2 amide bonds. The molecule has 0 saturated heterocycles. The second-order valence-electron chi connectivity index (χ2n) is 7.11. The molecule has 0 radical (unpaired) electrons. The van der Waals surface area contributed by atoms with E-state index in [0.717, 1.165) is 11.1 Å². The van der Waals surface area contributed by atoms with E-state index in [1.807, 2.05) is 38.1 Å². The third kappa shape index (κ3) is 7.71. The highest BCUT2D eigenvalue weighted by Gasteiger charge is 2.26. The lowest BCUT2D eigenvalue weighted by molar-refractivity contribution is -0.138. The molecule has 7 heteroatoms. The van der Waals surface area contributed by atoms with Crippen LogP contribution >= 0.6 is 23.4 Å². The van der Waals surface area contributed by atoms with Crippen molar-refractivity contribution < 1.29 is 14.0 Å². The first-order valence-electron chi connectivity index (χ1n) is 9.42. The van der Waals surface area contributed by atoms with E-state index in [9.17, 15) is 14.0 Å². The van der Waals surface area contributed by atoms with Crippen LogP contribution in [0.15, 0.2) is 48.5 Å². The number of halogens is 2. The van der Waals surface area contributed by atoms with Crippen LogP contribution < -0.4 is 5.32 Å². The number of carbonyl (C=O) groups excluding carboxylic acids is 2. The standard InChI is InChI=1S/C22H26ClFN2O2S/c1-15(2)25-22(28)16(3)26(12-17-6-10-20(24)11-7-17)21(27)14-29-13-18-4-8-19(23)9-5-18/h4-11,15-16H,12-14H2,1-3H3,(H,25,28). The molecule has 0 aliphatic rings. The Balaban J connectivity index is 2.05. The van der Waals surface area contributed by atoms with Crippen LogP contribution in [0, 0.1) is 5.82 Å². The van der Waals surface area contributed by atoms with E-state index >= 15 is 0 Å². The van der Waals surface area contributed by atoms with Crippen LogP contribution in [-0.4, -0.2) is 34.6 Å². The van der Waals surface area contributed by atoms with Crippen LogP contribution in [0.5, 0.6) is 0 Å². The fraction of sp³-hybridized carbons (Fsp3) is 0.364. The van der Waals surface area contributed by atoms with Gasteiger partial charge in [-0.05, 0) is 56.2 Å². The number of hydrogen-bond acceptors (Lipinski definition) is 3. The monoisotopic (exact) mass is 436 g/mol. The fourth-order valence-electron chi connectivity index (χ4n) is 2.69. The molecule has 1 unspecified atom stereocenters. The number of amides is 2. The fourth-order valence-corrected chi connectivity index (χ4v) is 3.69. The molecule has 0 spiro atoms. The Labute approximate surface area is 180 Å². The highest BCUT2D eigenvalue weighted by molar-refractivity contribution is 7.99. The van der Waals surface area contributed by atoms with Crippen molar-refractivity contribution >= 4 is 35.2 Å². The zero-order valence-corrected chi connectivity index (χ0v) is 18.4. The van der Waals surface area contributed by atoms with E-state index in [4.69, 9.17) is 11.6 Å². The van der Waals surface area contributed by atoms with Crippen LogP contribution in [0.25, 0.3) is 0 Å². The molecule has 2 aromatic carbocycles. The summed E-state index contributed by atoms with van der Waals surface area (Å²) in [5.74, 6) is 0.219. The third-order valence-corrected chi connectivity index (χ3v) is 5.51. The first-order chi connectivity index (χ1) is 13.8. The van der Waals surface area contributed by atoms with Gasteiger partial charge in [0.25, 0.3) is 0 Å². The molecule has 156 valence electrons. The van der Waals surface area contributed by atoms with Crippen molar-refractivity contribution in [3.05, 3.63) is 70.5 Å². The minimum atomic E-state index is -0.633. The Hall–Kier alpha value is -2.05. The lowest BCUT2D eigenvalue weighted by atomic mass is 10.1. The molecule has 0 bridgehead atoms. The van der Waals surface area contributed by atoms with Gasteiger partial charge in [-0.15, -0.1) is 11.8 Å². The Morgan fingerprint density at radius 1 is 1.03 bits per heavy atom. The second-order valence-corrected chi connectivity index (χ2v) is 8.53. The van der Waals surface area contributed by atoms with E-state index in [-0.39, 0.29) is 36.0 Å². The molecule has 0 heterocycles. The number of hydrogen-bond donors (Lipinski definition) is 1. The molecule has 29 heavy (non-hydrogen) atoms. The Bertz CT molecular complexity index is 813. The summed E-state index contributed by atoms with van der Waals surface area (Å²) in [7, 11) is 0. The van der Waals surface area contributed by atoms with Crippen molar-refractivity contribution in [2.24, 2.45) is 0 Å². The van der Waals surface area contributed by atoms with E-state index in [0.29, 0.717) is 10.8 Å². The molecule has 2 aromatic rings. The van der Waals surface area contributed by atoms with Gasteiger partial charge in [0.05, 0.1) is 5.75 Å². The highest BCUT2D eigenvalue weighted by Crippen LogP contribution is 2.18. The summed E-state index contributed by atoms with van der Waals surface area (Å²) < 4.78 is 13.2. The van der Waals surface area contributed by atoms with Gasteiger partial charge in [0.1, 0.15) is 11.9 Å². The first kappa shape index (κ1) is 23.2. The topological polar surface area (TPSA) is 49.4 Å². The number of carbonyl (C=O) groups is 2. The zero-order chi connectivity index (χ0) is 21.4. The van der Waals surface area contributed by atoms with Crippen molar-refractivity contribution in [3.63, 3.8) is 0 Å². The van der Waals surface area contributed by atoms with Crippen molar-refractivity contribution in [3.8, 4) is 0 Å². The molecule has 0 aliphatic carbocycles. The molecule has 0 fully saturated rings. The quantitative estimate of drug-likeness (QED) is 0.622. The molecule has 4 nitrogen and oxygen atoms in total.